The van der Waals surface area contributed by atoms with Gasteiger partial charge < -0.3 is 14.2 Å². The molecule has 0 radical (unpaired) electrons. The first-order valence-corrected chi connectivity index (χ1v) is 30.2. The van der Waals surface area contributed by atoms with E-state index in [0.29, 0.717) is 19.3 Å². The minimum Gasteiger partial charge on any atom is -0.462 e. The first-order valence-electron chi connectivity index (χ1n) is 30.2. The third-order valence-corrected chi connectivity index (χ3v) is 12.8. The molecule has 72 heavy (non-hydrogen) atoms. The quantitative estimate of drug-likeness (QED) is 0.0261. The van der Waals surface area contributed by atoms with Crippen LogP contribution in [0.3, 0.4) is 0 Å². The SMILES string of the molecule is CC/C=C\C/C=C\C/C=C\C/C=C\C/C=C\CCCCCCCCCCCCCCCCCCCC(=O)OCC(COC(=O)CCCCCCCC)OC(=O)CCCCCCC/C=C\C/C=C\C/C=C\CC. The van der Waals surface area contributed by atoms with Crippen LogP contribution in [0.15, 0.2) is 97.2 Å². The molecule has 0 aliphatic heterocycles. The van der Waals surface area contributed by atoms with Crippen LogP contribution in [0.1, 0.15) is 284 Å². The molecular formula is C66H112O6. The summed E-state index contributed by atoms with van der Waals surface area (Å²) in [6.07, 6.45) is 80.3. The van der Waals surface area contributed by atoms with Crippen molar-refractivity contribution >= 4 is 17.9 Å². The summed E-state index contributed by atoms with van der Waals surface area (Å²) in [6, 6.07) is 0. The minimum absolute atomic E-state index is 0.0818. The van der Waals surface area contributed by atoms with E-state index in [4.69, 9.17) is 14.2 Å². The number of ether oxygens (including phenoxy) is 3. The Balaban J connectivity index is 3.99. The highest BCUT2D eigenvalue weighted by molar-refractivity contribution is 5.71. The van der Waals surface area contributed by atoms with Crippen molar-refractivity contribution in [2.75, 3.05) is 13.2 Å². The highest BCUT2D eigenvalue weighted by atomic mass is 16.6. The Hall–Kier alpha value is -3.67. The number of allylic oxidation sites excluding steroid dienone is 16. The van der Waals surface area contributed by atoms with Gasteiger partial charge in [-0.05, 0) is 96.3 Å². The maximum atomic E-state index is 12.8. The van der Waals surface area contributed by atoms with Crippen LogP contribution < -0.4 is 0 Å². The standard InChI is InChI=1S/C66H112O6/c1-4-7-10-13-16-18-20-22-24-25-26-27-28-29-30-31-32-33-34-35-36-37-38-39-40-41-43-44-46-48-50-53-56-59-65(68)71-62-63(61-70-64(67)58-55-52-15-12-9-6-3)72-66(69)60-57-54-51-49-47-45-42-23-21-19-17-14-11-8-5-2/h7-8,10-11,16-19,22-24,26-27,29-30,42,63H,4-6,9,12-15,20-21,25,28,31-41,43-62H2,1-3H3/b10-7-,11-8-,18-16-,19-17-,24-22-,27-26-,30-29-,42-23-. The van der Waals surface area contributed by atoms with E-state index in [-0.39, 0.29) is 31.1 Å². The molecule has 0 aromatic rings. The molecule has 0 bridgehead atoms. The topological polar surface area (TPSA) is 78.9 Å². The Bertz CT molecular complexity index is 1430. The minimum atomic E-state index is -0.781. The van der Waals surface area contributed by atoms with E-state index in [1.54, 1.807) is 0 Å². The van der Waals surface area contributed by atoms with Crippen molar-refractivity contribution in [1.82, 2.24) is 0 Å². The number of hydrogen-bond donors (Lipinski definition) is 0. The molecule has 0 amide bonds. The van der Waals surface area contributed by atoms with Crippen molar-refractivity contribution in [2.24, 2.45) is 0 Å². The van der Waals surface area contributed by atoms with Crippen LogP contribution in [0.2, 0.25) is 0 Å². The van der Waals surface area contributed by atoms with Crippen molar-refractivity contribution in [3.63, 3.8) is 0 Å². The van der Waals surface area contributed by atoms with Crippen LogP contribution in [0.5, 0.6) is 0 Å². The Labute approximate surface area is 445 Å². The molecule has 0 aliphatic rings. The lowest BCUT2D eigenvalue weighted by molar-refractivity contribution is -0.167. The molecule has 0 heterocycles. The van der Waals surface area contributed by atoms with Gasteiger partial charge in [-0.1, -0.05) is 266 Å². The van der Waals surface area contributed by atoms with Gasteiger partial charge in [0, 0.05) is 19.3 Å². The molecule has 1 atom stereocenters. The summed E-state index contributed by atoms with van der Waals surface area (Å²) in [5.41, 5.74) is 0. The zero-order valence-electron chi connectivity index (χ0n) is 47.2. The molecule has 0 rings (SSSR count). The number of carbonyl (C=O) groups is 3. The lowest BCUT2D eigenvalue weighted by Gasteiger charge is -2.18. The Morgan fingerprint density at radius 2 is 0.542 bits per heavy atom. The second kappa shape index (κ2) is 59.9. The molecule has 0 saturated heterocycles. The molecule has 0 spiro atoms. The van der Waals surface area contributed by atoms with Crippen LogP contribution in [-0.2, 0) is 28.6 Å². The molecule has 0 aromatic carbocycles. The fourth-order valence-corrected chi connectivity index (χ4v) is 8.37. The van der Waals surface area contributed by atoms with Gasteiger partial charge in [0.1, 0.15) is 13.2 Å². The first kappa shape index (κ1) is 68.3. The molecule has 0 aliphatic carbocycles. The van der Waals surface area contributed by atoms with Crippen molar-refractivity contribution < 1.29 is 28.6 Å². The molecule has 0 aromatic heterocycles. The van der Waals surface area contributed by atoms with Crippen molar-refractivity contribution in [1.29, 1.82) is 0 Å². The van der Waals surface area contributed by atoms with Gasteiger partial charge in [-0.15, -0.1) is 0 Å². The Morgan fingerprint density at radius 1 is 0.292 bits per heavy atom. The van der Waals surface area contributed by atoms with E-state index in [9.17, 15) is 14.4 Å². The van der Waals surface area contributed by atoms with Gasteiger partial charge >= 0.3 is 17.9 Å². The highest BCUT2D eigenvalue weighted by Gasteiger charge is 2.19. The monoisotopic (exact) mass is 1000 g/mol. The summed E-state index contributed by atoms with van der Waals surface area (Å²) in [6.45, 7) is 6.35. The Morgan fingerprint density at radius 3 is 0.847 bits per heavy atom. The fraction of sp³-hybridized carbons (Fsp3) is 0.712. The lowest BCUT2D eigenvalue weighted by atomic mass is 10.0. The summed E-state index contributed by atoms with van der Waals surface area (Å²) in [4.78, 5) is 37.9. The number of rotatable bonds is 54. The lowest BCUT2D eigenvalue weighted by Crippen LogP contribution is -2.30. The van der Waals surface area contributed by atoms with Gasteiger partial charge in [0.15, 0.2) is 6.10 Å². The van der Waals surface area contributed by atoms with Crippen molar-refractivity contribution in [3.05, 3.63) is 97.2 Å². The summed E-state index contributed by atoms with van der Waals surface area (Å²) in [5.74, 6) is -0.903. The summed E-state index contributed by atoms with van der Waals surface area (Å²) >= 11 is 0. The van der Waals surface area contributed by atoms with Gasteiger partial charge in [-0.2, -0.15) is 0 Å². The zero-order chi connectivity index (χ0) is 52.2. The number of carbonyl (C=O) groups excluding carboxylic acids is 3. The van der Waals surface area contributed by atoms with E-state index < -0.39 is 6.10 Å². The van der Waals surface area contributed by atoms with E-state index >= 15 is 0 Å². The average molecular weight is 1000 g/mol. The van der Waals surface area contributed by atoms with E-state index in [0.717, 1.165) is 128 Å². The highest BCUT2D eigenvalue weighted by Crippen LogP contribution is 2.16. The molecule has 0 N–H and O–H groups in total. The smallest absolute Gasteiger partial charge is 0.306 e. The normalized spacial score (nSPS) is 12.8. The van der Waals surface area contributed by atoms with Crippen LogP contribution in [0.4, 0.5) is 0 Å². The van der Waals surface area contributed by atoms with E-state index in [2.05, 4.69) is 118 Å². The maximum Gasteiger partial charge on any atom is 0.306 e. The number of unbranched alkanes of at least 4 members (excludes halogenated alkanes) is 27. The molecule has 412 valence electrons. The van der Waals surface area contributed by atoms with Crippen molar-refractivity contribution in [3.8, 4) is 0 Å². The first-order chi connectivity index (χ1) is 35.5. The molecular weight excluding hydrogens is 889 g/mol. The largest absolute Gasteiger partial charge is 0.462 e. The van der Waals surface area contributed by atoms with Gasteiger partial charge in [0.25, 0.3) is 0 Å². The van der Waals surface area contributed by atoms with Crippen LogP contribution in [0.25, 0.3) is 0 Å². The van der Waals surface area contributed by atoms with Gasteiger partial charge in [0.2, 0.25) is 0 Å². The zero-order valence-corrected chi connectivity index (χ0v) is 47.2. The van der Waals surface area contributed by atoms with Gasteiger partial charge in [-0.3, -0.25) is 14.4 Å². The van der Waals surface area contributed by atoms with Crippen LogP contribution in [-0.4, -0.2) is 37.2 Å². The predicted octanol–water partition coefficient (Wildman–Crippen LogP) is 20.5. The van der Waals surface area contributed by atoms with E-state index in [1.807, 2.05) is 0 Å². The van der Waals surface area contributed by atoms with Gasteiger partial charge in [-0.25, -0.2) is 0 Å². The fourth-order valence-electron chi connectivity index (χ4n) is 8.37. The number of hydrogen-bond acceptors (Lipinski definition) is 6. The third kappa shape index (κ3) is 57.2. The van der Waals surface area contributed by atoms with Crippen LogP contribution >= 0.6 is 0 Å². The predicted molar refractivity (Wildman–Crippen MR) is 311 cm³/mol. The van der Waals surface area contributed by atoms with Crippen molar-refractivity contribution in [2.45, 2.75) is 290 Å². The number of esters is 3. The molecule has 1 unspecified atom stereocenters. The van der Waals surface area contributed by atoms with Gasteiger partial charge in [0.05, 0.1) is 0 Å². The molecule has 0 saturated carbocycles. The second-order valence-corrected chi connectivity index (χ2v) is 19.9. The van der Waals surface area contributed by atoms with Crippen LogP contribution in [0, 0.1) is 0 Å². The molecule has 6 heteroatoms. The average Bonchev–Trinajstić information content (AvgIpc) is 3.38. The summed E-state index contributed by atoms with van der Waals surface area (Å²) in [7, 11) is 0. The third-order valence-electron chi connectivity index (χ3n) is 12.8. The summed E-state index contributed by atoms with van der Waals surface area (Å²) < 4.78 is 16.7. The molecule has 0 fully saturated rings. The van der Waals surface area contributed by atoms with E-state index in [1.165, 1.54) is 116 Å². The molecule has 6 nitrogen and oxygen atoms in total. The summed E-state index contributed by atoms with van der Waals surface area (Å²) in [5, 5.41) is 0. The maximum absolute atomic E-state index is 12.8. The second-order valence-electron chi connectivity index (χ2n) is 19.9. The Kier molecular flexibility index (Phi) is 56.8.